The molecule has 2 aromatic rings. The SMILES string of the molecule is CC(C)(C)NC(=O)CNC(=O)c1cc2cc(F)ccc2[nH]1. The summed E-state index contributed by atoms with van der Waals surface area (Å²) in [7, 11) is 0. The van der Waals surface area contributed by atoms with Crippen molar-refractivity contribution in [3.8, 4) is 0 Å². The number of aromatic nitrogens is 1. The second-order valence-corrected chi connectivity index (χ2v) is 5.90. The molecule has 6 heteroatoms. The molecule has 1 heterocycles. The molecule has 1 aromatic heterocycles. The topological polar surface area (TPSA) is 74.0 Å². The van der Waals surface area contributed by atoms with Gasteiger partial charge in [-0.1, -0.05) is 0 Å². The summed E-state index contributed by atoms with van der Waals surface area (Å²) in [5.41, 5.74) is 0.611. The van der Waals surface area contributed by atoms with Crippen LogP contribution in [0, 0.1) is 5.82 Å². The first-order valence-corrected chi connectivity index (χ1v) is 6.62. The summed E-state index contributed by atoms with van der Waals surface area (Å²) in [4.78, 5) is 26.5. The first-order valence-electron chi connectivity index (χ1n) is 6.62. The van der Waals surface area contributed by atoms with E-state index in [1.165, 1.54) is 12.1 Å². The minimum absolute atomic E-state index is 0.111. The summed E-state index contributed by atoms with van der Waals surface area (Å²) in [5, 5.41) is 5.88. The number of halogens is 1. The third kappa shape index (κ3) is 4.05. The Bertz CT molecular complexity index is 686. The lowest BCUT2D eigenvalue weighted by Crippen LogP contribution is -2.45. The van der Waals surface area contributed by atoms with Crippen molar-refractivity contribution in [2.75, 3.05) is 6.54 Å². The third-order valence-corrected chi connectivity index (χ3v) is 2.75. The molecule has 0 radical (unpaired) electrons. The van der Waals surface area contributed by atoms with Crippen LogP contribution in [-0.2, 0) is 4.79 Å². The van der Waals surface area contributed by atoms with Crippen molar-refractivity contribution >= 4 is 22.7 Å². The number of aromatic amines is 1. The molecule has 112 valence electrons. The van der Waals surface area contributed by atoms with Crippen LogP contribution < -0.4 is 10.6 Å². The molecule has 2 amide bonds. The number of hydrogen-bond acceptors (Lipinski definition) is 2. The van der Waals surface area contributed by atoms with Crippen LogP contribution >= 0.6 is 0 Å². The maximum Gasteiger partial charge on any atom is 0.268 e. The largest absolute Gasteiger partial charge is 0.351 e. The highest BCUT2D eigenvalue weighted by Gasteiger charge is 2.15. The van der Waals surface area contributed by atoms with E-state index in [0.29, 0.717) is 16.6 Å². The van der Waals surface area contributed by atoms with E-state index in [4.69, 9.17) is 0 Å². The Morgan fingerprint density at radius 1 is 1.24 bits per heavy atom. The maximum absolute atomic E-state index is 13.1. The number of nitrogens with one attached hydrogen (secondary N) is 3. The van der Waals surface area contributed by atoms with Crippen LogP contribution in [0.5, 0.6) is 0 Å². The van der Waals surface area contributed by atoms with Crippen LogP contribution in [0.3, 0.4) is 0 Å². The van der Waals surface area contributed by atoms with Gasteiger partial charge in [0.15, 0.2) is 0 Å². The third-order valence-electron chi connectivity index (χ3n) is 2.75. The molecule has 21 heavy (non-hydrogen) atoms. The van der Waals surface area contributed by atoms with Gasteiger partial charge in [0.2, 0.25) is 5.91 Å². The fraction of sp³-hybridized carbons (Fsp3) is 0.333. The van der Waals surface area contributed by atoms with Gasteiger partial charge in [0.05, 0.1) is 6.54 Å². The van der Waals surface area contributed by atoms with Gasteiger partial charge in [-0.3, -0.25) is 9.59 Å². The average Bonchev–Trinajstić information content (AvgIpc) is 2.76. The molecule has 0 spiro atoms. The summed E-state index contributed by atoms with van der Waals surface area (Å²) >= 11 is 0. The van der Waals surface area contributed by atoms with Crippen LogP contribution in [-0.4, -0.2) is 28.9 Å². The van der Waals surface area contributed by atoms with Gasteiger partial charge in [-0.25, -0.2) is 4.39 Å². The molecule has 0 unspecified atom stereocenters. The normalized spacial score (nSPS) is 11.4. The summed E-state index contributed by atoms with van der Waals surface area (Å²) in [6.07, 6.45) is 0. The Hall–Kier alpha value is -2.37. The highest BCUT2D eigenvalue weighted by atomic mass is 19.1. The molecule has 0 saturated carbocycles. The molecule has 1 aromatic carbocycles. The molecular weight excluding hydrogens is 273 g/mol. The number of carbonyl (C=O) groups excluding carboxylic acids is 2. The Morgan fingerprint density at radius 3 is 2.62 bits per heavy atom. The second kappa shape index (κ2) is 5.55. The number of rotatable bonds is 3. The van der Waals surface area contributed by atoms with Gasteiger partial charge in [-0.2, -0.15) is 0 Å². The summed E-state index contributed by atoms with van der Waals surface area (Å²) in [6.45, 7) is 5.47. The second-order valence-electron chi connectivity index (χ2n) is 5.90. The molecule has 0 atom stereocenters. The molecule has 0 saturated heterocycles. The van der Waals surface area contributed by atoms with Crippen LogP contribution in [0.4, 0.5) is 4.39 Å². The van der Waals surface area contributed by atoms with Gasteiger partial charge in [0, 0.05) is 16.4 Å². The molecule has 0 fully saturated rings. The van der Waals surface area contributed by atoms with Crippen LogP contribution in [0.2, 0.25) is 0 Å². The lowest BCUT2D eigenvalue weighted by atomic mass is 10.1. The van der Waals surface area contributed by atoms with Gasteiger partial charge in [-0.15, -0.1) is 0 Å². The Morgan fingerprint density at radius 2 is 1.95 bits per heavy atom. The number of amides is 2. The molecule has 5 nitrogen and oxygen atoms in total. The van der Waals surface area contributed by atoms with Crippen molar-refractivity contribution in [1.29, 1.82) is 0 Å². The smallest absolute Gasteiger partial charge is 0.268 e. The van der Waals surface area contributed by atoms with E-state index in [1.807, 2.05) is 20.8 Å². The monoisotopic (exact) mass is 291 g/mol. The summed E-state index contributed by atoms with van der Waals surface area (Å²) < 4.78 is 13.1. The zero-order chi connectivity index (χ0) is 15.6. The molecule has 2 rings (SSSR count). The summed E-state index contributed by atoms with van der Waals surface area (Å²) in [5.74, 6) is -1.04. The number of fused-ring (bicyclic) bond motifs is 1. The standard InChI is InChI=1S/C15H18FN3O2/c1-15(2,3)19-13(20)8-17-14(21)12-7-9-6-10(16)4-5-11(9)18-12/h4-7,18H,8H2,1-3H3,(H,17,21)(H,19,20). The predicted molar refractivity (Wildman–Crippen MR) is 78.5 cm³/mol. The molecule has 0 aliphatic carbocycles. The van der Waals surface area contributed by atoms with E-state index in [0.717, 1.165) is 0 Å². The maximum atomic E-state index is 13.1. The number of hydrogen-bond donors (Lipinski definition) is 3. The van der Waals surface area contributed by atoms with E-state index in [2.05, 4.69) is 15.6 Å². The van der Waals surface area contributed by atoms with Crippen LogP contribution in [0.1, 0.15) is 31.3 Å². The van der Waals surface area contributed by atoms with Gasteiger partial charge in [0.25, 0.3) is 5.91 Å². The fourth-order valence-corrected chi connectivity index (χ4v) is 1.94. The van der Waals surface area contributed by atoms with Crippen molar-refractivity contribution in [2.24, 2.45) is 0 Å². The van der Waals surface area contributed by atoms with E-state index < -0.39 is 5.91 Å². The molecular formula is C15H18FN3O2. The molecule has 0 aliphatic heterocycles. The Kier molecular flexibility index (Phi) is 3.97. The van der Waals surface area contributed by atoms with Gasteiger partial charge in [-0.05, 0) is 45.0 Å². The van der Waals surface area contributed by atoms with Crippen molar-refractivity contribution in [3.05, 3.63) is 35.8 Å². The zero-order valence-electron chi connectivity index (χ0n) is 12.2. The van der Waals surface area contributed by atoms with Crippen molar-refractivity contribution in [3.63, 3.8) is 0 Å². The van der Waals surface area contributed by atoms with Crippen LogP contribution in [0.15, 0.2) is 24.3 Å². The highest BCUT2D eigenvalue weighted by molar-refractivity contribution is 5.99. The lowest BCUT2D eigenvalue weighted by molar-refractivity contribution is -0.121. The predicted octanol–water partition coefficient (Wildman–Crippen LogP) is 1.95. The van der Waals surface area contributed by atoms with Crippen molar-refractivity contribution in [2.45, 2.75) is 26.3 Å². The van der Waals surface area contributed by atoms with Gasteiger partial charge in [0.1, 0.15) is 11.5 Å². The quantitative estimate of drug-likeness (QED) is 0.808. The fourth-order valence-electron chi connectivity index (χ4n) is 1.94. The van der Waals surface area contributed by atoms with E-state index in [-0.39, 0.29) is 23.8 Å². The minimum Gasteiger partial charge on any atom is -0.351 e. The van der Waals surface area contributed by atoms with Crippen molar-refractivity contribution in [1.82, 2.24) is 15.6 Å². The highest BCUT2D eigenvalue weighted by Crippen LogP contribution is 2.16. The number of H-pyrrole nitrogens is 1. The Balaban J connectivity index is 2.01. The average molecular weight is 291 g/mol. The first-order chi connectivity index (χ1) is 9.74. The number of benzene rings is 1. The minimum atomic E-state index is -0.407. The first kappa shape index (κ1) is 15.0. The van der Waals surface area contributed by atoms with E-state index in [1.54, 1.807) is 12.1 Å². The zero-order valence-corrected chi connectivity index (χ0v) is 12.2. The molecule has 0 bridgehead atoms. The molecule has 3 N–H and O–H groups in total. The van der Waals surface area contributed by atoms with E-state index in [9.17, 15) is 14.0 Å². The van der Waals surface area contributed by atoms with E-state index >= 15 is 0 Å². The van der Waals surface area contributed by atoms with Crippen LogP contribution in [0.25, 0.3) is 10.9 Å². The Labute approximate surface area is 121 Å². The van der Waals surface area contributed by atoms with Crippen molar-refractivity contribution < 1.29 is 14.0 Å². The molecule has 0 aliphatic rings. The lowest BCUT2D eigenvalue weighted by Gasteiger charge is -2.20. The number of carbonyl (C=O) groups is 2. The van der Waals surface area contributed by atoms with Gasteiger partial charge < -0.3 is 15.6 Å². The summed E-state index contributed by atoms with van der Waals surface area (Å²) in [6, 6.07) is 5.77. The van der Waals surface area contributed by atoms with Gasteiger partial charge >= 0.3 is 0 Å².